The molecule has 0 saturated heterocycles. The summed E-state index contributed by atoms with van der Waals surface area (Å²) in [4.78, 5) is 25.5. The van der Waals surface area contributed by atoms with Gasteiger partial charge in [-0.05, 0) is 68.1 Å². The highest BCUT2D eigenvalue weighted by Gasteiger charge is 2.19. The fraction of sp³-hybridized carbons (Fsp3) is 0.231. The van der Waals surface area contributed by atoms with E-state index in [0.29, 0.717) is 23.5 Å². The molecule has 5 nitrogen and oxygen atoms in total. The number of carbonyl (C=O) groups excluding carboxylic acids is 2. The Bertz CT molecular complexity index is 1080. The van der Waals surface area contributed by atoms with Gasteiger partial charge in [-0.15, -0.1) is 0 Å². The van der Waals surface area contributed by atoms with Gasteiger partial charge in [0.25, 0.3) is 11.8 Å². The zero-order valence-electron chi connectivity index (χ0n) is 18.4. The number of benzene rings is 3. The molecule has 0 heterocycles. The van der Waals surface area contributed by atoms with Crippen LogP contribution in [0.2, 0.25) is 0 Å². The Morgan fingerprint density at radius 2 is 1.61 bits per heavy atom. The molecule has 0 aliphatic rings. The van der Waals surface area contributed by atoms with Gasteiger partial charge in [-0.3, -0.25) is 9.59 Å². The minimum Gasteiger partial charge on any atom is -0.481 e. The molecule has 0 radical (unpaired) electrons. The van der Waals surface area contributed by atoms with Crippen molar-refractivity contribution in [2.24, 2.45) is 0 Å². The van der Waals surface area contributed by atoms with Gasteiger partial charge in [0.15, 0.2) is 6.10 Å². The molecule has 160 valence electrons. The average Bonchev–Trinajstić information content (AvgIpc) is 2.76. The van der Waals surface area contributed by atoms with Gasteiger partial charge >= 0.3 is 0 Å². The van der Waals surface area contributed by atoms with Gasteiger partial charge in [0, 0.05) is 6.54 Å². The van der Waals surface area contributed by atoms with Crippen LogP contribution in [0.5, 0.6) is 5.75 Å². The first kappa shape index (κ1) is 22.1. The minimum absolute atomic E-state index is 0.251. The molecule has 1 atom stereocenters. The zero-order chi connectivity index (χ0) is 22.4. The molecule has 0 spiro atoms. The lowest BCUT2D eigenvalue weighted by molar-refractivity contribution is -0.122. The van der Waals surface area contributed by atoms with Gasteiger partial charge in [-0.2, -0.15) is 0 Å². The SMILES string of the molecule is Cc1cc(C)c(C)c(OC(C)C(=O)Nc2ccccc2C(=O)NCc2ccccc2)c1. The first-order valence-electron chi connectivity index (χ1n) is 10.3. The van der Waals surface area contributed by atoms with Crippen LogP contribution in [0, 0.1) is 20.8 Å². The fourth-order valence-corrected chi connectivity index (χ4v) is 3.27. The van der Waals surface area contributed by atoms with Crippen LogP contribution in [0.15, 0.2) is 66.7 Å². The van der Waals surface area contributed by atoms with Crippen molar-refractivity contribution in [2.75, 3.05) is 5.32 Å². The molecule has 5 heteroatoms. The molecule has 3 aromatic rings. The van der Waals surface area contributed by atoms with E-state index in [1.54, 1.807) is 31.2 Å². The van der Waals surface area contributed by atoms with E-state index in [-0.39, 0.29) is 11.8 Å². The summed E-state index contributed by atoms with van der Waals surface area (Å²) < 4.78 is 5.93. The van der Waals surface area contributed by atoms with Gasteiger partial charge in [0.05, 0.1) is 11.3 Å². The number of carbonyl (C=O) groups is 2. The van der Waals surface area contributed by atoms with Crippen molar-refractivity contribution in [3.05, 3.63) is 94.5 Å². The molecule has 3 rings (SSSR count). The molecule has 1 unspecified atom stereocenters. The van der Waals surface area contributed by atoms with Gasteiger partial charge in [0.1, 0.15) is 5.75 Å². The summed E-state index contributed by atoms with van der Waals surface area (Å²) >= 11 is 0. The minimum atomic E-state index is -0.722. The second kappa shape index (κ2) is 9.94. The normalized spacial score (nSPS) is 11.5. The summed E-state index contributed by atoms with van der Waals surface area (Å²) in [5.41, 5.74) is 5.05. The molecule has 0 aromatic heterocycles. The predicted molar refractivity (Wildman–Crippen MR) is 123 cm³/mol. The molecule has 0 aliphatic carbocycles. The van der Waals surface area contributed by atoms with Gasteiger partial charge in [-0.1, -0.05) is 48.5 Å². The Morgan fingerprint density at radius 1 is 0.935 bits per heavy atom. The maximum absolute atomic E-state index is 12.8. The summed E-state index contributed by atoms with van der Waals surface area (Å²) in [5.74, 6) is 0.120. The molecular weight excluding hydrogens is 388 g/mol. The van der Waals surface area contributed by atoms with E-state index in [1.807, 2.05) is 57.2 Å². The number of aryl methyl sites for hydroxylation is 2. The van der Waals surface area contributed by atoms with Crippen molar-refractivity contribution < 1.29 is 14.3 Å². The van der Waals surface area contributed by atoms with Crippen molar-refractivity contribution in [1.29, 1.82) is 0 Å². The van der Waals surface area contributed by atoms with Crippen LogP contribution in [0.1, 0.15) is 39.5 Å². The van der Waals surface area contributed by atoms with E-state index in [0.717, 1.165) is 22.3 Å². The van der Waals surface area contributed by atoms with Crippen molar-refractivity contribution in [2.45, 2.75) is 40.3 Å². The largest absolute Gasteiger partial charge is 0.481 e. The number of para-hydroxylation sites is 1. The topological polar surface area (TPSA) is 67.4 Å². The van der Waals surface area contributed by atoms with Crippen LogP contribution in [0.25, 0.3) is 0 Å². The highest BCUT2D eigenvalue weighted by molar-refractivity contribution is 6.04. The van der Waals surface area contributed by atoms with Gasteiger partial charge in [0.2, 0.25) is 0 Å². The number of rotatable bonds is 7. The summed E-state index contributed by atoms with van der Waals surface area (Å²) in [6, 6.07) is 20.6. The third-order valence-corrected chi connectivity index (χ3v) is 5.16. The number of ether oxygens (including phenoxy) is 1. The summed E-state index contributed by atoms with van der Waals surface area (Å²) in [6.07, 6.45) is -0.722. The molecule has 2 N–H and O–H groups in total. The highest BCUT2D eigenvalue weighted by Crippen LogP contribution is 2.25. The molecular formula is C26H28N2O3. The smallest absolute Gasteiger partial charge is 0.265 e. The monoisotopic (exact) mass is 416 g/mol. The lowest BCUT2D eigenvalue weighted by atomic mass is 10.1. The molecule has 31 heavy (non-hydrogen) atoms. The average molecular weight is 417 g/mol. The first-order chi connectivity index (χ1) is 14.8. The molecule has 0 fully saturated rings. The third kappa shape index (κ3) is 5.72. The maximum atomic E-state index is 12.8. The lowest BCUT2D eigenvalue weighted by Gasteiger charge is -2.19. The first-order valence-corrected chi connectivity index (χ1v) is 10.3. The van der Waals surface area contributed by atoms with Crippen molar-refractivity contribution in [3.8, 4) is 5.75 Å². The Morgan fingerprint density at radius 3 is 2.35 bits per heavy atom. The van der Waals surface area contributed by atoms with Crippen LogP contribution < -0.4 is 15.4 Å². The third-order valence-electron chi connectivity index (χ3n) is 5.16. The van der Waals surface area contributed by atoms with Crippen molar-refractivity contribution >= 4 is 17.5 Å². The van der Waals surface area contributed by atoms with Crippen LogP contribution in [0.3, 0.4) is 0 Å². The standard InChI is InChI=1S/C26H28N2O3/c1-17-14-18(2)19(3)24(15-17)31-20(4)25(29)28-23-13-9-8-12-22(23)26(30)27-16-21-10-6-5-7-11-21/h5-15,20H,16H2,1-4H3,(H,27,30)(H,28,29). The van der Waals surface area contributed by atoms with Crippen LogP contribution in [0.4, 0.5) is 5.69 Å². The van der Waals surface area contributed by atoms with Crippen molar-refractivity contribution in [3.63, 3.8) is 0 Å². The molecule has 3 aromatic carbocycles. The quantitative estimate of drug-likeness (QED) is 0.573. The predicted octanol–water partition coefficient (Wildman–Crippen LogP) is 4.95. The molecule has 0 aliphatic heterocycles. The van der Waals surface area contributed by atoms with Crippen LogP contribution in [-0.4, -0.2) is 17.9 Å². The van der Waals surface area contributed by atoms with Gasteiger partial charge in [-0.25, -0.2) is 0 Å². The number of nitrogens with one attached hydrogen (secondary N) is 2. The number of hydrogen-bond donors (Lipinski definition) is 2. The van der Waals surface area contributed by atoms with Crippen LogP contribution in [-0.2, 0) is 11.3 Å². The summed E-state index contributed by atoms with van der Waals surface area (Å²) in [7, 11) is 0. The second-order valence-electron chi connectivity index (χ2n) is 7.67. The maximum Gasteiger partial charge on any atom is 0.265 e. The summed E-state index contributed by atoms with van der Waals surface area (Å²) in [6.45, 7) is 8.09. The Labute approximate surface area is 183 Å². The zero-order valence-corrected chi connectivity index (χ0v) is 18.4. The molecule has 0 saturated carbocycles. The second-order valence-corrected chi connectivity index (χ2v) is 7.67. The summed E-state index contributed by atoms with van der Waals surface area (Å²) in [5, 5.41) is 5.73. The number of amides is 2. The van der Waals surface area contributed by atoms with E-state index in [4.69, 9.17) is 4.74 Å². The Hall–Kier alpha value is -3.60. The van der Waals surface area contributed by atoms with E-state index in [1.165, 1.54) is 0 Å². The van der Waals surface area contributed by atoms with Crippen molar-refractivity contribution in [1.82, 2.24) is 5.32 Å². The fourth-order valence-electron chi connectivity index (χ4n) is 3.27. The highest BCUT2D eigenvalue weighted by atomic mass is 16.5. The Balaban J connectivity index is 1.68. The van der Waals surface area contributed by atoms with Crippen LogP contribution >= 0.6 is 0 Å². The van der Waals surface area contributed by atoms with Gasteiger partial charge < -0.3 is 15.4 Å². The molecule has 0 bridgehead atoms. The number of hydrogen-bond acceptors (Lipinski definition) is 3. The van der Waals surface area contributed by atoms with E-state index >= 15 is 0 Å². The Kier molecular flexibility index (Phi) is 7.08. The lowest BCUT2D eigenvalue weighted by Crippen LogP contribution is -2.32. The van der Waals surface area contributed by atoms with E-state index < -0.39 is 6.10 Å². The van der Waals surface area contributed by atoms with E-state index in [2.05, 4.69) is 16.7 Å². The van der Waals surface area contributed by atoms with E-state index in [9.17, 15) is 9.59 Å². The number of anilines is 1. The molecule has 2 amide bonds.